The molecule has 0 aliphatic heterocycles. The lowest BCUT2D eigenvalue weighted by Gasteiger charge is -2.18. The van der Waals surface area contributed by atoms with E-state index in [2.05, 4.69) is 67.3 Å². The Hall–Kier alpha value is -1.06. The highest BCUT2D eigenvalue weighted by molar-refractivity contribution is 5.85. The molecule has 2 rings (SSSR count). The van der Waals surface area contributed by atoms with E-state index in [1.165, 1.54) is 22.3 Å². The second-order valence-electron chi connectivity index (χ2n) is 5.40. The molecule has 0 bridgehead atoms. The minimum absolute atomic E-state index is 0. The molecule has 4 heteroatoms. The van der Waals surface area contributed by atoms with Crippen LogP contribution in [-0.2, 0) is 13.0 Å². The predicted molar refractivity (Wildman–Crippen MR) is 106 cm³/mol. The Kier molecular flexibility index (Phi) is 10.9. The van der Waals surface area contributed by atoms with Gasteiger partial charge in [0, 0.05) is 6.54 Å². The molecule has 0 aromatic heterocycles. The van der Waals surface area contributed by atoms with Crippen molar-refractivity contribution in [2.75, 3.05) is 19.6 Å². The Labute approximate surface area is 152 Å². The first-order valence-corrected chi connectivity index (χ1v) is 7.87. The zero-order valence-electron chi connectivity index (χ0n) is 14.0. The van der Waals surface area contributed by atoms with Crippen LogP contribution in [0.3, 0.4) is 0 Å². The van der Waals surface area contributed by atoms with Crippen molar-refractivity contribution in [1.29, 1.82) is 0 Å². The van der Waals surface area contributed by atoms with Gasteiger partial charge in [0.25, 0.3) is 0 Å². The van der Waals surface area contributed by atoms with Gasteiger partial charge < -0.3 is 5.73 Å². The molecule has 2 N–H and O–H groups in total. The first-order valence-electron chi connectivity index (χ1n) is 7.87. The van der Waals surface area contributed by atoms with Crippen LogP contribution in [0.2, 0.25) is 0 Å². The first-order chi connectivity index (χ1) is 10.3. The van der Waals surface area contributed by atoms with E-state index >= 15 is 0 Å². The van der Waals surface area contributed by atoms with Crippen LogP contribution in [0.4, 0.5) is 0 Å². The van der Waals surface area contributed by atoms with Crippen molar-refractivity contribution < 1.29 is 0 Å². The monoisotopic (exact) mass is 354 g/mol. The molecule has 2 aromatic rings. The van der Waals surface area contributed by atoms with Crippen LogP contribution in [-0.4, -0.2) is 24.5 Å². The van der Waals surface area contributed by atoms with Crippen LogP contribution in [0.25, 0.3) is 11.1 Å². The van der Waals surface area contributed by atoms with Crippen LogP contribution >= 0.6 is 24.8 Å². The zero-order valence-corrected chi connectivity index (χ0v) is 15.6. The molecule has 0 saturated carbocycles. The summed E-state index contributed by atoms with van der Waals surface area (Å²) in [6.45, 7) is 8.32. The SMILES string of the molecule is CCN(CC)Cc1cccc(-c2cccc(CCN)c2)c1.Cl.Cl. The van der Waals surface area contributed by atoms with E-state index in [0.717, 1.165) is 26.1 Å². The van der Waals surface area contributed by atoms with Gasteiger partial charge in [-0.2, -0.15) is 0 Å². The van der Waals surface area contributed by atoms with E-state index in [1.807, 2.05) is 0 Å². The van der Waals surface area contributed by atoms with Crippen molar-refractivity contribution in [2.45, 2.75) is 26.8 Å². The quantitative estimate of drug-likeness (QED) is 0.790. The first kappa shape index (κ1) is 21.9. The van der Waals surface area contributed by atoms with E-state index in [1.54, 1.807) is 0 Å². The van der Waals surface area contributed by atoms with Crippen LogP contribution < -0.4 is 5.73 Å². The number of hydrogen-bond donors (Lipinski definition) is 1. The van der Waals surface area contributed by atoms with E-state index in [4.69, 9.17) is 5.73 Å². The molecule has 0 spiro atoms. The molecule has 0 amide bonds. The molecular weight excluding hydrogens is 327 g/mol. The van der Waals surface area contributed by atoms with Gasteiger partial charge >= 0.3 is 0 Å². The highest BCUT2D eigenvalue weighted by Crippen LogP contribution is 2.22. The summed E-state index contributed by atoms with van der Waals surface area (Å²) in [6.07, 6.45) is 0.937. The van der Waals surface area contributed by atoms with Crippen LogP contribution in [0.5, 0.6) is 0 Å². The average molecular weight is 355 g/mol. The van der Waals surface area contributed by atoms with Crippen LogP contribution in [0, 0.1) is 0 Å². The largest absolute Gasteiger partial charge is 0.330 e. The van der Waals surface area contributed by atoms with E-state index in [9.17, 15) is 0 Å². The maximum atomic E-state index is 5.65. The fraction of sp³-hybridized carbons (Fsp3) is 0.368. The Bertz CT molecular complexity index is 569. The molecule has 128 valence electrons. The third-order valence-corrected chi connectivity index (χ3v) is 3.92. The van der Waals surface area contributed by atoms with E-state index < -0.39 is 0 Å². The molecular formula is C19H28Cl2N2. The van der Waals surface area contributed by atoms with E-state index in [-0.39, 0.29) is 24.8 Å². The number of hydrogen-bond acceptors (Lipinski definition) is 2. The molecule has 0 radical (unpaired) electrons. The standard InChI is InChI=1S/C19H26N2.2ClH/c1-3-21(4-2)15-17-8-6-10-19(14-17)18-9-5-7-16(13-18)11-12-20;;/h5-10,13-14H,3-4,11-12,15,20H2,1-2H3;2*1H. The Balaban J connectivity index is 0.00000242. The maximum Gasteiger partial charge on any atom is 0.0233 e. The lowest BCUT2D eigenvalue weighted by molar-refractivity contribution is 0.296. The van der Waals surface area contributed by atoms with Crippen molar-refractivity contribution in [3.05, 3.63) is 59.7 Å². The topological polar surface area (TPSA) is 29.3 Å². The Morgan fingerprint density at radius 3 is 1.87 bits per heavy atom. The summed E-state index contributed by atoms with van der Waals surface area (Å²) in [4.78, 5) is 2.43. The van der Waals surface area contributed by atoms with Gasteiger partial charge in [0.15, 0.2) is 0 Å². The van der Waals surface area contributed by atoms with Gasteiger partial charge in [-0.25, -0.2) is 0 Å². The van der Waals surface area contributed by atoms with Gasteiger partial charge in [0.05, 0.1) is 0 Å². The summed E-state index contributed by atoms with van der Waals surface area (Å²) in [7, 11) is 0. The number of nitrogens with zero attached hydrogens (tertiary/aromatic N) is 1. The van der Waals surface area contributed by atoms with Crippen molar-refractivity contribution in [2.24, 2.45) is 5.73 Å². The molecule has 2 aromatic carbocycles. The lowest BCUT2D eigenvalue weighted by atomic mass is 10.00. The number of nitrogens with two attached hydrogens (primary N) is 1. The minimum Gasteiger partial charge on any atom is -0.330 e. The van der Waals surface area contributed by atoms with Gasteiger partial charge in [0.2, 0.25) is 0 Å². The van der Waals surface area contributed by atoms with Crippen molar-refractivity contribution in [1.82, 2.24) is 4.90 Å². The molecule has 0 unspecified atom stereocenters. The molecule has 2 nitrogen and oxygen atoms in total. The Morgan fingerprint density at radius 2 is 1.35 bits per heavy atom. The van der Waals surface area contributed by atoms with Gasteiger partial charge in [0.1, 0.15) is 0 Å². The predicted octanol–water partition coefficient (Wildman–Crippen LogP) is 4.54. The van der Waals surface area contributed by atoms with Gasteiger partial charge in [-0.1, -0.05) is 56.3 Å². The third-order valence-electron chi connectivity index (χ3n) is 3.92. The summed E-state index contributed by atoms with van der Waals surface area (Å²) >= 11 is 0. The second-order valence-corrected chi connectivity index (χ2v) is 5.40. The highest BCUT2D eigenvalue weighted by atomic mass is 35.5. The van der Waals surface area contributed by atoms with Gasteiger partial charge in [-0.15, -0.1) is 24.8 Å². The summed E-state index contributed by atoms with van der Waals surface area (Å²) in [5, 5.41) is 0. The Morgan fingerprint density at radius 1 is 0.826 bits per heavy atom. The average Bonchev–Trinajstić information content (AvgIpc) is 2.53. The highest BCUT2D eigenvalue weighted by Gasteiger charge is 2.04. The molecule has 0 aliphatic carbocycles. The zero-order chi connectivity index (χ0) is 15.1. The fourth-order valence-electron chi connectivity index (χ4n) is 2.63. The summed E-state index contributed by atoms with van der Waals surface area (Å²) in [5.74, 6) is 0. The summed E-state index contributed by atoms with van der Waals surface area (Å²) in [5.41, 5.74) is 10.9. The smallest absolute Gasteiger partial charge is 0.0233 e. The summed E-state index contributed by atoms with van der Waals surface area (Å²) < 4.78 is 0. The number of benzene rings is 2. The van der Waals surface area contributed by atoms with Crippen molar-refractivity contribution >= 4 is 24.8 Å². The van der Waals surface area contributed by atoms with Crippen LogP contribution in [0.15, 0.2) is 48.5 Å². The van der Waals surface area contributed by atoms with Crippen molar-refractivity contribution in [3.63, 3.8) is 0 Å². The maximum absolute atomic E-state index is 5.65. The molecule has 23 heavy (non-hydrogen) atoms. The van der Waals surface area contributed by atoms with Gasteiger partial charge in [-0.05, 0) is 54.4 Å². The number of halogens is 2. The van der Waals surface area contributed by atoms with Crippen molar-refractivity contribution in [3.8, 4) is 11.1 Å². The number of rotatable bonds is 7. The lowest BCUT2D eigenvalue weighted by Crippen LogP contribution is -2.22. The third kappa shape index (κ3) is 6.52. The molecule has 0 aliphatic rings. The molecule has 0 fully saturated rings. The van der Waals surface area contributed by atoms with E-state index in [0.29, 0.717) is 6.54 Å². The van der Waals surface area contributed by atoms with Gasteiger partial charge in [-0.3, -0.25) is 4.90 Å². The normalized spacial score (nSPS) is 10.1. The molecule has 0 saturated heterocycles. The summed E-state index contributed by atoms with van der Waals surface area (Å²) in [6, 6.07) is 17.6. The second kappa shape index (κ2) is 11.5. The molecule has 0 heterocycles. The molecule has 0 atom stereocenters. The fourth-order valence-corrected chi connectivity index (χ4v) is 2.63. The minimum atomic E-state index is 0. The van der Waals surface area contributed by atoms with Crippen LogP contribution in [0.1, 0.15) is 25.0 Å².